The number of carbonyl (C=O) groups is 1. The van der Waals surface area contributed by atoms with E-state index in [0.717, 1.165) is 0 Å². The predicted molar refractivity (Wildman–Crippen MR) is 63.6 cm³/mol. The van der Waals surface area contributed by atoms with Gasteiger partial charge in [-0.3, -0.25) is 4.79 Å². The van der Waals surface area contributed by atoms with Crippen molar-refractivity contribution in [3.05, 3.63) is 30.3 Å². The molecule has 0 unspecified atom stereocenters. The van der Waals surface area contributed by atoms with Gasteiger partial charge < -0.3 is 5.11 Å². The normalized spacial score (nSPS) is 10.3. The minimum atomic E-state index is -1.77. The van der Waals surface area contributed by atoms with Gasteiger partial charge in [-0.1, -0.05) is 49.3 Å². The largest absolute Gasteiger partial charge is 0.481 e. The van der Waals surface area contributed by atoms with Gasteiger partial charge in [-0.25, -0.2) is 0 Å². The lowest BCUT2D eigenvalue weighted by Gasteiger charge is -2.14. The molecule has 0 fully saturated rings. The highest BCUT2D eigenvalue weighted by atomic mass is 28.3. The molecule has 0 spiro atoms. The van der Waals surface area contributed by atoms with E-state index in [2.05, 4.69) is 36.7 Å². The van der Waals surface area contributed by atoms with Gasteiger partial charge in [-0.15, -0.1) is 5.54 Å². The molecule has 0 radical (unpaired) electrons. The van der Waals surface area contributed by atoms with Gasteiger partial charge in [0, 0.05) is 0 Å². The molecule has 1 aromatic rings. The molecule has 0 saturated carbocycles. The fraction of sp³-hybridized carbons (Fsp3) is 0.250. The van der Waals surface area contributed by atoms with Crippen LogP contribution in [-0.2, 0) is 4.79 Å². The van der Waals surface area contributed by atoms with Gasteiger partial charge in [-0.05, 0) is 5.19 Å². The van der Waals surface area contributed by atoms with E-state index < -0.39 is 14.0 Å². The Labute approximate surface area is 91.0 Å². The Bertz CT molecular complexity index is 399. The van der Waals surface area contributed by atoms with Crippen molar-refractivity contribution in [1.82, 2.24) is 0 Å². The smallest absolute Gasteiger partial charge is 0.315 e. The molecule has 2 nitrogen and oxygen atoms in total. The summed E-state index contributed by atoms with van der Waals surface area (Å²) in [6, 6.07) is 10.1. The summed E-state index contributed by atoms with van der Waals surface area (Å²) in [5.41, 5.74) is 3.11. The zero-order valence-electron chi connectivity index (χ0n) is 8.95. The summed E-state index contributed by atoms with van der Waals surface area (Å²) < 4.78 is 0. The number of hydrogen-bond acceptors (Lipinski definition) is 1. The highest BCUT2D eigenvalue weighted by Crippen LogP contribution is 2.01. The summed E-state index contributed by atoms with van der Waals surface area (Å²) >= 11 is 0. The second-order valence-corrected chi connectivity index (χ2v) is 7.94. The lowest BCUT2D eigenvalue weighted by atomic mass is 10.4. The minimum Gasteiger partial charge on any atom is -0.481 e. The number of hydrogen-bond donors (Lipinski definition) is 1. The van der Waals surface area contributed by atoms with E-state index in [1.807, 2.05) is 18.2 Å². The first-order valence-electron chi connectivity index (χ1n) is 4.80. The van der Waals surface area contributed by atoms with Crippen LogP contribution in [0.4, 0.5) is 0 Å². The average Bonchev–Trinajstić information content (AvgIpc) is 2.18. The Hall–Kier alpha value is -1.53. The van der Waals surface area contributed by atoms with Crippen LogP contribution < -0.4 is 5.19 Å². The van der Waals surface area contributed by atoms with Gasteiger partial charge in [-0.2, -0.15) is 0 Å². The van der Waals surface area contributed by atoms with E-state index in [9.17, 15) is 4.79 Å². The van der Waals surface area contributed by atoms with E-state index in [1.165, 1.54) is 5.19 Å². The van der Waals surface area contributed by atoms with Crippen molar-refractivity contribution in [2.24, 2.45) is 0 Å². The highest BCUT2D eigenvalue weighted by molar-refractivity contribution is 6.96. The number of rotatable bonds is 2. The van der Waals surface area contributed by atoms with Gasteiger partial charge in [0.25, 0.3) is 0 Å². The third kappa shape index (κ3) is 3.60. The second kappa shape index (κ2) is 4.81. The Morgan fingerprint density at radius 2 is 1.93 bits per heavy atom. The molecule has 78 valence electrons. The van der Waals surface area contributed by atoms with Crippen molar-refractivity contribution in [3.8, 4) is 11.5 Å². The fourth-order valence-corrected chi connectivity index (χ4v) is 2.97. The molecule has 0 bridgehead atoms. The lowest BCUT2D eigenvalue weighted by molar-refractivity contribution is -0.135. The fourth-order valence-electron chi connectivity index (χ4n) is 1.27. The molecule has 1 aromatic carbocycles. The Balaban J connectivity index is 2.83. The molecule has 0 saturated heterocycles. The van der Waals surface area contributed by atoms with E-state index in [-0.39, 0.29) is 6.42 Å². The summed E-state index contributed by atoms with van der Waals surface area (Å²) in [4.78, 5) is 10.3. The van der Waals surface area contributed by atoms with Crippen LogP contribution >= 0.6 is 0 Å². The van der Waals surface area contributed by atoms with Crippen molar-refractivity contribution < 1.29 is 9.90 Å². The summed E-state index contributed by atoms with van der Waals surface area (Å²) in [5.74, 6) is 1.87. The van der Waals surface area contributed by atoms with Crippen molar-refractivity contribution in [2.75, 3.05) is 0 Å². The van der Waals surface area contributed by atoms with E-state index in [4.69, 9.17) is 5.11 Å². The number of carboxylic acid groups (broad SMARTS) is 1. The van der Waals surface area contributed by atoms with E-state index >= 15 is 0 Å². The summed E-state index contributed by atoms with van der Waals surface area (Å²) in [6.07, 6.45) is -0.0662. The molecule has 0 heterocycles. The predicted octanol–water partition coefficient (Wildman–Crippen LogP) is 1.62. The number of carboxylic acids is 1. The van der Waals surface area contributed by atoms with Crippen LogP contribution in [0.25, 0.3) is 0 Å². The number of benzene rings is 1. The second-order valence-electron chi connectivity index (χ2n) is 3.86. The van der Waals surface area contributed by atoms with Crippen LogP contribution in [0.5, 0.6) is 0 Å². The molecule has 1 N–H and O–H groups in total. The maximum atomic E-state index is 10.3. The Morgan fingerprint density at radius 1 is 1.33 bits per heavy atom. The molecular weight excluding hydrogens is 204 g/mol. The maximum absolute atomic E-state index is 10.3. The number of aliphatic carboxylic acids is 1. The topological polar surface area (TPSA) is 37.3 Å². The molecule has 0 atom stereocenters. The van der Waals surface area contributed by atoms with E-state index in [1.54, 1.807) is 0 Å². The zero-order chi connectivity index (χ0) is 11.3. The molecule has 0 aliphatic carbocycles. The van der Waals surface area contributed by atoms with Gasteiger partial charge in [0.2, 0.25) is 0 Å². The average molecular weight is 218 g/mol. The molecule has 0 aliphatic rings. The van der Waals surface area contributed by atoms with Crippen molar-refractivity contribution in [1.29, 1.82) is 0 Å². The summed E-state index contributed by atoms with van der Waals surface area (Å²) in [7, 11) is -1.77. The first-order chi connectivity index (χ1) is 7.02. The Morgan fingerprint density at radius 3 is 2.47 bits per heavy atom. The maximum Gasteiger partial charge on any atom is 0.315 e. The molecule has 0 aromatic heterocycles. The first-order valence-corrected chi connectivity index (χ1v) is 7.80. The monoisotopic (exact) mass is 218 g/mol. The van der Waals surface area contributed by atoms with Gasteiger partial charge in [0.1, 0.15) is 6.42 Å². The van der Waals surface area contributed by atoms with Crippen LogP contribution in [0.15, 0.2) is 30.3 Å². The van der Waals surface area contributed by atoms with Crippen LogP contribution in [-0.4, -0.2) is 19.1 Å². The molecule has 3 heteroatoms. The molecule has 0 amide bonds. The molecule has 1 rings (SSSR count). The van der Waals surface area contributed by atoms with Gasteiger partial charge >= 0.3 is 5.97 Å². The van der Waals surface area contributed by atoms with Crippen molar-refractivity contribution in [2.45, 2.75) is 19.5 Å². The standard InChI is InChI=1S/C12H14O2Si/c1-15(2,10-6-9-12(13)14)11-7-4-3-5-8-11/h3-5,7-8H,9H2,1-2H3,(H,13,14). The van der Waals surface area contributed by atoms with Crippen molar-refractivity contribution >= 4 is 19.2 Å². The molecular formula is C12H14O2Si. The van der Waals surface area contributed by atoms with Crippen LogP contribution in [0.1, 0.15) is 6.42 Å². The molecule has 15 heavy (non-hydrogen) atoms. The van der Waals surface area contributed by atoms with Crippen LogP contribution in [0, 0.1) is 11.5 Å². The molecule has 0 aliphatic heterocycles. The van der Waals surface area contributed by atoms with Gasteiger partial charge in [0.05, 0.1) is 0 Å². The minimum absolute atomic E-state index is 0.0662. The van der Waals surface area contributed by atoms with Crippen molar-refractivity contribution in [3.63, 3.8) is 0 Å². The SMILES string of the molecule is C[Si](C)(C#CCC(=O)O)c1ccccc1. The van der Waals surface area contributed by atoms with Crippen LogP contribution in [0.3, 0.4) is 0 Å². The van der Waals surface area contributed by atoms with Gasteiger partial charge in [0.15, 0.2) is 8.07 Å². The quantitative estimate of drug-likeness (QED) is 0.605. The Kier molecular flexibility index (Phi) is 3.70. The highest BCUT2D eigenvalue weighted by Gasteiger charge is 2.20. The lowest BCUT2D eigenvalue weighted by Crippen LogP contribution is -2.39. The third-order valence-electron chi connectivity index (χ3n) is 2.14. The summed E-state index contributed by atoms with van der Waals surface area (Å²) in [6.45, 7) is 4.24. The van der Waals surface area contributed by atoms with Crippen LogP contribution in [0.2, 0.25) is 13.1 Å². The summed E-state index contributed by atoms with van der Waals surface area (Å²) in [5, 5.41) is 9.73. The van der Waals surface area contributed by atoms with E-state index in [0.29, 0.717) is 0 Å². The zero-order valence-corrected chi connectivity index (χ0v) is 9.95. The first kappa shape index (κ1) is 11.5. The third-order valence-corrected chi connectivity index (χ3v) is 4.71.